The first-order valence-electron chi connectivity index (χ1n) is 5.51. The molecule has 1 aromatic carbocycles. The zero-order valence-electron chi connectivity index (χ0n) is 10.2. The molecule has 0 bridgehead atoms. The molecule has 0 saturated carbocycles. The maximum Gasteiger partial charge on any atom is 0.177 e. The molecular weight excluding hydrogens is 326 g/mol. The van der Waals surface area contributed by atoms with Gasteiger partial charge in [-0.3, -0.25) is 0 Å². The molecule has 0 atom stereocenters. The molecule has 0 spiro atoms. The molecule has 0 aliphatic heterocycles. The van der Waals surface area contributed by atoms with Crippen LogP contribution in [0.2, 0.25) is 0 Å². The maximum absolute atomic E-state index is 8.97. The molecule has 2 rings (SSSR count). The number of halogens is 1. The van der Waals surface area contributed by atoms with Crippen LogP contribution in [0.25, 0.3) is 0 Å². The number of hydrogen-bond donors (Lipinski definition) is 2. The van der Waals surface area contributed by atoms with Gasteiger partial charge in [0.15, 0.2) is 5.75 Å². The van der Waals surface area contributed by atoms with E-state index in [4.69, 9.17) is 15.7 Å². The third kappa shape index (κ3) is 2.83. The van der Waals surface area contributed by atoms with Crippen molar-refractivity contribution in [2.24, 2.45) is 0 Å². The van der Waals surface area contributed by atoms with Gasteiger partial charge in [0.1, 0.15) is 21.6 Å². The van der Waals surface area contributed by atoms with Gasteiger partial charge in [0.2, 0.25) is 0 Å². The molecule has 19 heavy (non-hydrogen) atoms. The Morgan fingerprint density at radius 3 is 2.84 bits per heavy atom. The quantitative estimate of drug-likeness (QED) is 0.894. The van der Waals surface area contributed by atoms with E-state index < -0.39 is 0 Å². The van der Waals surface area contributed by atoms with Gasteiger partial charge in [-0.15, -0.1) is 11.3 Å². The van der Waals surface area contributed by atoms with E-state index in [1.54, 1.807) is 7.11 Å². The number of nitrogens with zero attached hydrogens (tertiary/aromatic N) is 1. The van der Waals surface area contributed by atoms with Crippen LogP contribution in [-0.4, -0.2) is 7.11 Å². The fourth-order valence-electron chi connectivity index (χ4n) is 1.65. The first kappa shape index (κ1) is 13.7. The Kier molecular flexibility index (Phi) is 4.30. The minimum atomic E-state index is 0.393. The van der Waals surface area contributed by atoms with E-state index in [1.807, 2.05) is 24.3 Å². The molecule has 98 valence electrons. The van der Waals surface area contributed by atoms with Crippen molar-refractivity contribution < 1.29 is 4.74 Å². The van der Waals surface area contributed by atoms with Gasteiger partial charge in [0, 0.05) is 11.0 Å². The molecule has 0 fully saturated rings. The SMILES string of the molecule is COc1c(NCc2ccccc2Br)sc(C#N)c1N. The molecule has 2 aromatic rings. The fourth-order valence-corrected chi connectivity index (χ4v) is 2.96. The Hall–Kier alpha value is -1.71. The predicted molar refractivity (Wildman–Crippen MR) is 81.5 cm³/mol. The van der Waals surface area contributed by atoms with Crippen LogP contribution in [0.1, 0.15) is 10.4 Å². The minimum Gasteiger partial charge on any atom is -0.492 e. The van der Waals surface area contributed by atoms with Crippen molar-refractivity contribution >= 4 is 38.0 Å². The zero-order valence-corrected chi connectivity index (χ0v) is 12.6. The largest absolute Gasteiger partial charge is 0.492 e. The Morgan fingerprint density at radius 1 is 1.47 bits per heavy atom. The van der Waals surface area contributed by atoms with Crippen LogP contribution in [0.5, 0.6) is 5.75 Å². The van der Waals surface area contributed by atoms with Crippen LogP contribution in [0, 0.1) is 11.3 Å². The van der Waals surface area contributed by atoms with Crippen molar-refractivity contribution in [1.29, 1.82) is 5.26 Å². The highest BCUT2D eigenvalue weighted by Gasteiger charge is 2.16. The van der Waals surface area contributed by atoms with Gasteiger partial charge in [-0.1, -0.05) is 34.1 Å². The van der Waals surface area contributed by atoms with E-state index >= 15 is 0 Å². The molecule has 1 heterocycles. The molecule has 1 aromatic heterocycles. The van der Waals surface area contributed by atoms with Crippen molar-refractivity contribution in [1.82, 2.24) is 0 Å². The summed E-state index contributed by atoms with van der Waals surface area (Å²) >= 11 is 4.79. The van der Waals surface area contributed by atoms with Gasteiger partial charge in [-0.25, -0.2) is 0 Å². The van der Waals surface area contributed by atoms with Crippen LogP contribution in [-0.2, 0) is 6.54 Å². The molecule has 0 radical (unpaired) electrons. The summed E-state index contributed by atoms with van der Waals surface area (Å²) in [4.78, 5) is 0.464. The number of nitriles is 1. The number of anilines is 2. The summed E-state index contributed by atoms with van der Waals surface area (Å²) in [5.41, 5.74) is 7.35. The topological polar surface area (TPSA) is 71.1 Å². The molecule has 0 amide bonds. The third-order valence-corrected chi connectivity index (χ3v) is 4.43. The zero-order chi connectivity index (χ0) is 13.8. The van der Waals surface area contributed by atoms with E-state index in [-0.39, 0.29) is 0 Å². The number of nitrogen functional groups attached to an aromatic ring is 1. The second-order valence-corrected chi connectivity index (χ2v) is 5.64. The second-order valence-electron chi connectivity index (χ2n) is 3.76. The first-order valence-corrected chi connectivity index (χ1v) is 7.12. The standard InChI is InChI=1S/C13H12BrN3OS/c1-18-12-11(16)10(6-15)19-13(12)17-7-8-4-2-3-5-9(8)14/h2-5,17H,7,16H2,1H3. The summed E-state index contributed by atoms with van der Waals surface area (Å²) in [6, 6.07) is 10.0. The smallest absolute Gasteiger partial charge is 0.177 e. The van der Waals surface area contributed by atoms with Gasteiger partial charge >= 0.3 is 0 Å². The van der Waals surface area contributed by atoms with E-state index in [1.165, 1.54) is 11.3 Å². The average Bonchev–Trinajstić information content (AvgIpc) is 2.73. The molecule has 0 unspecified atom stereocenters. The molecular formula is C13H12BrN3OS. The molecule has 0 aliphatic carbocycles. The third-order valence-electron chi connectivity index (χ3n) is 2.60. The van der Waals surface area contributed by atoms with Gasteiger partial charge < -0.3 is 15.8 Å². The lowest BCUT2D eigenvalue weighted by molar-refractivity contribution is 0.420. The lowest BCUT2D eigenvalue weighted by atomic mass is 10.2. The second kappa shape index (κ2) is 5.95. The number of hydrogen-bond acceptors (Lipinski definition) is 5. The Morgan fingerprint density at radius 2 is 2.21 bits per heavy atom. The summed E-state index contributed by atoms with van der Waals surface area (Å²) in [7, 11) is 1.54. The van der Waals surface area contributed by atoms with Crippen LogP contribution in [0.4, 0.5) is 10.7 Å². The number of methoxy groups -OCH3 is 1. The van der Waals surface area contributed by atoms with Gasteiger partial charge in [-0.2, -0.15) is 5.26 Å². The lowest BCUT2D eigenvalue weighted by Crippen LogP contribution is -2.00. The summed E-state index contributed by atoms with van der Waals surface area (Å²) in [5.74, 6) is 0.536. The van der Waals surface area contributed by atoms with Crippen molar-refractivity contribution in [2.75, 3.05) is 18.2 Å². The van der Waals surface area contributed by atoms with Crippen LogP contribution in [0.15, 0.2) is 28.7 Å². The minimum absolute atomic E-state index is 0.393. The van der Waals surface area contributed by atoms with Crippen molar-refractivity contribution in [3.8, 4) is 11.8 Å². The van der Waals surface area contributed by atoms with Gasteiger partial charge in [0.25, 0.3) is 0 Å². The summed E-state index contributed by atoms with van der Waals surface area (Å²) in [6.45, 7) is 0.628. The molecule has 6 heteroatoms. The van der Waals surface area contributed by atoms with Crippen LogP contribution >= 0.6 is 27.3 Å². The monoisotopic (exact) mass is 337 g/mol. The number of thiophene rings is 1. The number of rotatable bonds is 4. The lowest BCUT2D eigenvalue weighted by Gasteiger charge is -2.08. The number of benzene rings is 1. The van der Waals surface area contributed by atoms with Crippen molar-refractivity contribution in [3.05, 3.63) is 39.2 Å². The van der Waals surface area contributed by atoms with E-state index in [0.717, 1.165) is 15.0 Å². The Labute approximate surface area is 123 Å². The highest BCUT2D eigenvalue weighted by atomic mass is 79.9. The number of nitrogens with two attached hydrogens (primary N) is 1. The highest BCUT2D eigenvalue weighted by molar-refractivity contribution is 9.10. The molecule has 0 saturated heterocycles. The normalized spacial score (nSPS) is 9.95. The first-order chi connectivity index (χ1) is 9.17. The van der Waals surface area contributed by atoms with Crippen LogP contribution in [0.3, 0.4) is 0 Å². The van der Waals surface area contributed by atoms with E-state index in [9.17, 15) is 0 Å². The average molecular weight is 338 g/mol. The summed E-state index contributed by atoms with van der Waals surface area (Å²) < 4.78 is 6.27. The Balaban J connectivity index is 2.21. The van der Waals surface area contributed by atoms with Crippen molar-refractivity contribution in [2.45, 2.75) is 6.54 Å². The fraction of sp³-hybridized carbons (Fsp3) is 0.154. The van der Waals surface area contributed by atoms with Crippen LogP contribution < -0.4 is 15.8 Å². The molecule has 3 N–H and O–H groups in total. The van der Waals surface area contributed by atoms with E-state index in [0.29, 0.717) is 22.9 Å². The highest BCUT2D eigenvalue weighted by Crippen LogP contribution is 2.42. The Bertz CT molecular complexity index is 633. The predicted octanol–water partition coefficient (Wildman–Crippen LogP) is 3.59. The van der Waals surface area contributed by atoms with Gasteiger partial charge in [0.05, 0.1) is 7.11 Å². The van der Waals surface area contributed by atoms with E-state index in [2.05, 4.69) is 27.3 Å². The van der Waals surface area contributed by atoms with Crippen molar-refractivity contribution in [3.63, 3.8) is 0 Å². The number of nitrogens with one attached hydrogen (secondary N) is 1. The van der Waals surface area contributed by atoms with Gasteiger partial charge in [-0.05, 0) is 11.6 Å². The molecule has 4 nitrogen and oxygen atoms in total. The molecule has 0 aliphatic rings. The number of ether oxygens (including phenoxy) is 1. The summed E-state index contributed by atoms with van der Waals surface area (Å²) in [6.07, 6.45) is 0. The maximum atomic E-state index is 8.97. The summed E-state index contributed by atoms with van der Waals surface area (Å²) in [5, 5.41) is 13.0.